The summed E-state index contributed by atoms with van der Waals surface area (Å²) >= 11 is 0. The third kappa shape index (κ3) is 9.04. The first kappa shape index (κ1) is 32.9. The summed E-state index contributed by atoms with van der Waals surface area (Å²) in [6.07, 6.45) is 6.60. The summed E-state index contributed by atoms with van der Waals surface area (Å²) in [5.41, 5.74) is 3.18. The van der Waals surface area contributed by atoms with Crippen molar-refractivity contribution in [3.8, 4) is 0 Å². The molecule has 4 heterocycles. The number of benzene rings is 3. The number of quaternary nitrogens is 2. The van der Waals surface area contributed by atoms with Gasteiger partial charge in [-0.25, -0.2) is 9.98 Å². The number of hydrogen-bond donors (Lipinski definition) is 4. The van der Waals surface area contributed by atoms with Gasteiger partial charge >= 0.3 is 0 Å². The summed E-state index contributed by atoms with van der Waals surface area (Å²) in [4.78, 5) is 12.0. The van der Waals surface area contributed by atoms with Crippen molar-refractivity contribution in [3.05, 3.63) is 108 Å². The summed E-state index contributed by atoms with van der Waals surface area (Å²) in [5, 5.41) is 28.8. The highest BCUT2D eigenvalue weighted by atomic mass is 16.4. The number of aliphatic imine (C=N–C) groups is 2. The molecule has 0 spiro atoms. The standard InChI is InChI=1S/C22H21BO2.2C7H13N3/c24-23(25)18-10-17-22(19-11-4-1-5-12-19,20-13-6-2-7-14-20)21-15-8-3-9-16-21;2*1-3-8-7-9-4-2-6-10(7)5-1/h1-9,11-16H,10,17-18H2;2*1-6H2,(H,8,9)/q-2;;/p+2. The summed E-state index contributed by atoms with van der Waals surface area (Å²) < 4.78 is 0. The Labute approximate surface area is 269 Å². The van der Waals surface area contributed by atoms with E-state index in [2.05, 4.69) is 57.0 Å². The second kappa shape index (κ2) is 17.3. The molecule has 2 fully saturated rings. The Hall–Kier alpha value is -3.50. The van der Waals surface area contributed by atoms with Gasteiger partial charge in [0, 0.05) is 44.2 Å². The second-order valence-electron chi connectivity index (χ2n) is 12.3. The zero-order valence-electron chi connectivity index (χ0n) is 26.6. The monoisotopic (exact) mass is 608 g/mol. The molecule has 4 aliphatic rings. The second-order valence-corrected chi connectivity index (χ2v) is 12.3. The van der Waals surface area contributed by atoms with Gasteiger partial charge in [-0.15, -0.1) is 13.4 Å². The lowest BCUT2D eigenvalue weighted by molar-refractivity contribution is -0.814. The van der Waals surface area contributed by atoms with Crippen LogP contribution in [0.25, 0.3) is 0 Å². The van der Waals surface area contributed by atoms with Crippen LogP contribution in [0.4, 0.5) is 0 Å². The van der Waals surface area contributed by atoms with Gasteiger partial charge < -0.3 is 20.7 Å². The predicted molar refractivity (Wildman–Crippen MR) is 179 cm³/mol. The van der Waals surface area contributed by atoms with E-state index in [1.165, 1.54) is 80.5 Å². The van der Waals surface area contributed by atoms with Crippen molar-refractivity contribution >= 4 is 19.0 Å². The zero-order valence-corrected chi connectivity index (χ0v) is 26.6. The molecule has 4 N–H and O–H groups in total. The van der Waals surface area contributed by atoms with Crippen LogP contribution in [0.2, 0.25) is 6.32 Å². The van der Waals surface area contributed by atoms with E-state index in [1.54, 1.807) is 9.80 Å². The van der Waals surface area contributed by atoms with Gasteiger partial charge in [0.05, 0.1) is 39.3 Å². The molecule has 2 saturated heterocycles. The number of guanidine groups is 2. The molecular formula is C36H49BN6O2. The van der Waals surface area contributed by atoms with Crippen molar-refractivity contribution in [2.45, 2.75) is 50.3 Å². The third-order valence-electron chi connectivity index (χ3n) is 9.17. The highest BCUT2D eigenvalue weighted by Gasteiger charge is 2.35. The molecule has 0 aliphatic carbocycles. The van der Waals surface area contributed by atoms with Crippen LogP contribution in [0.3, 0.4) is 0 Å². The van der Waals surface area contributed by atoms with E-state index in [9.17, 15) is 10.0 Å². The first-order chi connectivity index (χ1) is 22.2. The lowest BCUT2D eigenvalue weighted by Gasteiger charge is -2.37. The zero-order chi connectivity index (χ0) is 31.2. The van der Waals surface area contributed by atoms with Crippen molar-refractivity contribution in [2.75, 3.05) is 52.4 Å². The number of hydrogen-bond acceptors (Lipinski definition) is 6. The summed E-state index contributed by atoms with van der Waals surface area (Å²) in [7, 11) is -1.76. The van der Waals surface area contributed by atoms with E-state index in [-0.39, 0.29) is 11.7 Å². The van der Waals surface area contributed by atoms with Gasteiger partial charge in [0.1, 0.15) is 0 Å². The highest BCUT2D eigenvalue weighted by Crippen LogP contribution is 2.43. The lowest BCUT2D eigenvalue weighted by Crippen LogP contribution is -3.18. The van der Waals surface area contributed by atoms with Gasteiger partial charge in [-0.3, -0.25) is 9.80 Å². The Bertz CT molecular complexity index is 1210. The lowest BCUT2D eigenvalue weighted by atomic mass is 9.65. The molecule has 8 nitrogen and oxygen atoms in total. The molecule has 0 radical (unpaired) electrons. The molecule has 3 aromatic rings. The minimum absolute atomic E-state index is 0.147. The van der Waals surface area contributed by atoms with Crippen LogP contribution < -0.4 is 30.5 Å². The Morgan fingerprint density at radius 3 is 1.38 bits per heavy atom. The van der Waals surface area contributed by atoms with Crippen molar-refractivity contribution in [1.29, 1.82) is 0 Å². The molecule has 0 bridgehead atoms. The minimum Gasteiger partial charge on any atom is -0.893 e. The van der Waals surface area contributed by atoms with Gasteiger partial charge in [0.25, 0.3) is 11.9 Å². The number of rotatable bonds is 7. The van der Waals surface area contributed by atoms with Crippen molar-refractivity contribution in [2.24, 2.45) is 9.98 Å². The van der Waals surface area contributed by atoms with E-state index in [0.717, 1.165) is 32.6 Å². The summed E-state index contributed by atoms with van der Waals surface area (Å²) in [5.74, 6) is 2.44. The molecule has 0 saturated carbocycles. The minimum atomic E-state index is -1.76. The summed E-state index contributed by atoms with van der Waals surface area (Å²) in [6.45, 7) is 9.46. The first-order valence-electron chi connectivity index (χ1n) is 16.9. The van der Waals surface area contributed by atoms with Crippen LogP contribution in [0.1, 0.15) is 55.2 Å². The molecule has 3 aromatic carbocycles. The van der Waals surface area contributed by atoms with Crippen molar-refractivity contribution < 1.29 is 19.8 Å². The molecule has 0 amide bonds. The van der Waals surface area contributed by atoms with Gasteiger partial charge in [-0.1, -0.05) is 97.4 Å². The van der Waals surface area contributed by atoms with Crippen LogP contribution in [-0.2, 0) is 5.41 Å². The van der Waals surface area contributed by atoms with Crippen LogP contribution in [0, 0.1) is 0 Å². The SMILES string of the molecule is C1CN=C2NCCC[NH+]2C1.C1CN=C2NCCC[NH+]2C1.[O-]B([O-])CCCC(c1ccccc1)(c1ccccc1)c1ccccc1. The molecule has 0 aromatic heterocycles. The molecule has 2 atom stereocenters. The van der Waals surface area contributed by atoms with Crippen LogP contribution in [0.5, 0.6) is 0 Å². The van der Waals surface area contributed by atoms with E-state index in [0.29, 0.717) is 6.42 Å². The topological polar surface area (TPSA) is 104 Å². The molecular weight excluding hydrogens is 559 g/mol. The smallest absolute Gasteiger partial charge is 0.295 e. The average Bonchev–Trinajstić information content (AvgIpc) is 3.12. The first-order valence-corrected chi connectivity index (χ1v) is 16.9. The third-order valence-corrected chi connectivity index (χ3v) is 9.17. The maximum atomic E-state index is 11.1. The van der Waals surface area contributed by atoms with Gasteiger partial charge in [-0.05, 0) is 23.1 Å². The van der Waals surface area contributed by atoms with Crippen molar-refractivity contribution in [1.82, 2.24) is 10.6 Å². The quantitative estimate of drug-likeness (QED) is 0.228. The fourth-order valence-corrected chi connectivity index (χ4v) is 6.93. The number of nitrogens with one attached hydrogen (secondary N) is 4. The fourth-order valence-electron chi connectivity index (χ4n) is 6.93. The highest BCUT2D eigenvalue weighted by molar-refractivity contribution is 6.36. The van der Waals surface area contributed by atoms with Crippen LogP contribution in [-0.4, -0.2) is 71.4 Å². The number of fused-ring (bicyclic) bond motifs is 2. The predicted octanol–water partition coefficient (Wildman–Crippen LogP) is 0.259. The van der Waals surface area contributed by atoms with Crippen molar-refractivity contribution in [3.63, 3.8) is 0 Å². The Morgan fingerprint density at radius 2 is 1.00 bits per heavy atom. The van der Waals surface area contributed by atoms with Gasteiger partial charge in [0.2, 0.25) is 0 Å². The Morgan fingerprint density at radius 1 is 0.600 bits per heavy atom. The van der Waals surface area contributed by atoms with Crippen LogP contribution in [0.15, 0.2) is 101 Å². The van der Waals surface area contributed by atoms with E-state index < -0.39 is 7.12 Å². The number of nitrogens with zero attached hydrogens (tertiary/aromatic N) is 2. The normalized spacial score (nSPS) is 20.5. The molecule has 4 aliphatic heterocycles. The van der Waals surface area contributed by atoms with E-state index >= 15 is 0 Å². The van der Waals surface area contributed by atoms with Gasteiger partial charge in [0.15, 0.2) is 0 Å². The van der Waals surface area contributed by atoms with E-state index in [1.807, 2.05) is 54.6 Å². The summed E-state index contributed by atoms with van der Waals surface area (Å²) in [6, 6.07) is 31.1. The molecule has 7 rings (SSSR count). The molecule has 9 heteroatoms. The Kier molecular flexibility index (Phi) is 12.6. The maximum Gasteiger partial charge on any atom is 0.295 e. The largest absolute Gasteiger partial charge is 0.893 e. The molecule has 45 heavy (non-hydrogen) atoms. The fraction of sp³-hybridized carbons (Fsp3) is 0.444. The maximum absolute atomic E-state index is 11.1. The molecule has 2 unspecified atom stereocenters. The van der Waals surface area contributed by atoms with Crippen LogP contribution >= 0.6 is 0 Å². The molecule has 238 valence electrons. The van der Waals surface area contributed by atoms with E-state index in [4.69, 9.17) is 0 Å². The Balaban J connectivity index is 0.000000162. The average molecular weight is 609 g/mol. The van der Waals surface area contributed by atoms with Gasteiger partial charge in [-0.2, -0.15) is 0 Å².